The highest BCUT2D eigenvalue weighted by Crippen LogP contribution is 2.14. The minimum absolute atomic E-state index is 0.345. The molecule has 1 heteroatoms. The van der Waals surface area contributed by atoms with Crippen LogP contribution in [0.4, 0.5) is 0 Å². The van der Waals surface area contributed by atoms with Gasteiger partial charge in [-0.05, 0) is 38.3 Å². The second-order valence-corrected chi connectivity index (χ2v) is 3.16. The molecule has 1 aliphatic rings. The van der Waals surface area contributed by atoms with E-state index in [2.05, 4.69) is 26.3 Å². The fraction of sp³-hybridized carbons (Fsp3) is 0.545. The lowest BCUT2D eigenvalue weighted by Gasteiger charge is -2.15. The first-order valence-electron chi connectivity index (χ1n) is 4.69. The van der Waals surface area contributed by atoms with E-state index in [-0.39, 0.29) is 0 Å². The molecule has 0 fully saturated rings. The maximum absolute atomic E-state index is 5.67. The molecule has 1 atom stereocenters. The maximum atomic E-state index is 5.67. The molecule has 0 spiro atoms. The van der Waals surface area contributed by atoms with Gasteiger partial charge in [0.2, 0.25) is 0 Å². The Kier molecular flexibility index (Phi) is 3.92. The molecule has 1 nitrogen and oxygen atoms in total. The molecule has 0 aromatic rings. The predicted octanol–water partition coefficient (Wildman–Crippen LogP) is 3.24. The van der Waals surface area contributed by atoms with Crippen LogP contribution in [0.25, 0.3) is 0 Å². The summed E-state index contributed by atoms with van der Waals surface area (Å²) in [7, 11) is 0. The van der Waals surface area contributed by atoms with Crippen molar-refractivity contribution in [2.24, 2.45) is 0 Å². The van der Waals surface area contributed by atoms with Crippen LogP contribution in [0.2, 0.25) is 0 Å². The molecular formula is C11H17O. The van der Waals surface area contributed by atoms with Gasteiger partial charge >= 0.3 is 0 Å². The van der Waals surface area contributed by atoms with E-state index in [9.17, 15) is 0 Å². The van der Waals surface area contributed by atoms with Gasteiger partial charge < -0.3 is 4.74 Å². The van der Waals surface area contributed by atoms with E-state index in [0.717, 1.165) is 18.6 Å². The van der Waals surface area contributed by atoms with Crippen LogP contribution < -0.4 is 0 Å². The van der Waals surface area contributed by atoms with Crippen LogP contribution >= 0.6 is 0 Å². The van der Waals surface area contributed by atoms with Crippen molar-refractivity contribution < 1.29 is 4.74 Å². The molecular weight excluding hydrogens is 148 g/mol. The number of hydrogen-bond donors (Lipinski definition) is 0. The monoisotopic (exact) mass is 165 g/mol. The highest BCUT2D eigenvalue weighted by molar-refractivity contribution is 5.22. The zero-order valence-corrected chi connectivity index (χ0v) is 7.92. The zero-order valence-electron chi connectivity index (χ0n) is 7.92. The third-order valence-electron chi connectivity index (χ3n) is 1.87. The van der Waals surface area contributed by atoms with Gasteiger partial charge in [-0.25, -0.2) is 0 Å². The van der Waals surface area contributed by atoms with Crippen molar-refractivity contribution in [3.63, 3.8) is 0 Å². The number of hydrogen-bond acceptors (Lipinski definition) is 1. The average Bonchev–Trinajstić information content (AvgIpc) is 2.06. The van der Waals surface area contributed by atoms with Crippen LogP contribution in [-0.2, 0) is 4.74 Å². The molecule has 1 rings (SSSR count). The predicted molar refractivity (Wildman–Crippen MR) is 51.6 cm³/mol. The summed E-state index contributed by atoms with van der Waals surface area (Å²) in [6, 6.07) is 0. The van der Waals surface area contributed by atoms with E-state index < -0.39 is 0 Å². The molecule has 0 N–H and O–H groups in total. The van der Waals surface area contributed by atoms with Gasteiger partial charge in [0, 0.05) is 0 Å². The smallest absolute Gasteiger partial charge is 0.115 e. The van der Waals surface area contributed by atoms with Gasteiger partial charge in [-0.1, -0.05) is 19.4 Å². The Morgan fingerprint density at radius 2 is 2.42 bits per heavy atom. The van der Waals surface area contributed by atoms with Crippen molar-refractivity contribution in [2.75, 3.05) is 0 Å². The van der Waals surface area contributed by atoms with E-state index in [1.54, 1.807) is 0 Å². The Morgan fingerprint density at radius 3 is 3.00 bits per heavy atom. The number of allylic oxidation sites excluding steroid dienone is 3. The summed E-state index contributed by atoms with van der Waals surface area (Å²) in [6.07, 6.45) is 12.0. The Bertz CT molecular complexity index is 179. The maximum Gasteiger partial charge on any atom is 0.115 e. The van der Waals surface area contributed by atoms with E-state index in [1.165, 1.54) is 6.42 Å². The molecule has 12 heavy (non-hydrogen) atoms. The van der Waals surface area contributed by atoms with Crippen LogP contribution in [-0.4, -0.2) is 6.10 Å². The van der Waals surface area contributed by atoms with E-state index in [1.807, 2.05) is 12.2 Å². The van der Waals surface area contributed by atoms with Crippen molar-refractivity contribution in [2.45, 2.75) is 39.2 Å². The summed E-state index contributed by atoms with van der Waals surface area (Å²) in [5.74, 6) is 1.00. The lowest BCUT2D eigenvalue weighted by molar-refractivity contribution is 0.132. The number of rotatable bonds is 4. The SMILES string of the molecule is CCCC(C)OC1=C[CH]CC=C1. The van der Waals surface area contributed by atoms with Gasteiger partial charge in [0.25, 0.3) is 0 Å². The lowest BCUT2D eigenvalue weighted by Crippen LogP contribution is -2.07. The Balaban J connectivity index is 2.29. The molecule has 1 aliphatic carbocycles. The topological polar surface area (TPSA) is 9.23 Å². The summed E-state index contributed by atoms with van der Waals surface area (Å²) in [4.78, 5) is 0. The van der Waals surface area contributed by atoms with Gasteiger partial charge in [-0.15, -0.1) is 0 Å². The first-order valence-corrected chi connectivity index (χ1v) is 4.69. The summed E-state index contributed by atoms with van der Waals surface area (Å²) in [5.41, 5.74) is 0. The summed E-state index contributed by atoms with van der Waals surface area (Å²) in [6.45, 7) is 4.30. The van der Waals surface area contributed by atoms with E-state index in [0.29, 0.717) is 6.10 Å². The van der Waals surface area contributed by atoms with E-state index >= 15 is 0 Å². The average molecular weight is 165 g/mol. The van der Waals surface area contributed by atoms with Crippen LogP contribution in [0.15, 0.2) is 24.0 Å². The molecule has 1 unspecified atom stereocenters. The summed E-state index contributed by atoms with van der Waals surface area (Å²) in [5, 5.41) is 0. The van der Waals surface area contributed by atoms with Gasteiger partial charge in [0.15, 0.2) is 0 Å². The van der Waals surface area contributed by atoms with Gasteiger partial charge in [0.1, 0.15) is 5.76 Å². The van der Waals surface area contributed by atoms with Crippen LogP contribution in [0.5, 0.6) is 0 Å². The van der Waals surface area contributed by atoms with Crippen molar-refractivity contribution in [3.8, 4) is 0 Å². The van der Waals surface area contributed by atoms with Gasteiger partial charge in [0.05, 0.1) is 6.10 Å². The van der Waals surface area contributed by atoms with Crippen LogP contribution in [0, 0.1) is 6.42 Å². The Hall–Kier alpha value is -0.720. The van der Waals surface area contributed by atoms with E-state index in [4.69, 9.17) is 4.74 Å². The van der Waals surface area contributed by atoms with Crippen molar-refractivity contribution in [1.82, 2.24) is 0 Å². The third-order valence-corrected chi connectivity index (χ3v) is 1.87. The first kappa shape index (κ1) is 9.37. The largest absolute Gasteiger partial charge is 0.491 e. The fourth-order valence-corrected chi connectivity index (χ4v) is 1.28. The third kappa shape index (κ3) is 3.12. The molecule has 0 amide bonds. The molecule has 0 saturated heterocycles. The molecule has 0 saturated carbocycles. The molecule has 0 aromatic carbocycles. The summed E-state index contributed by atoms with van der Waals surface area (Å²) >= 11 is 0. The Labute approximate surface area is 75.1 Å². The van der Waals surface area contributed by atoms with Crippen LogP contribution in [0.1, 0.15) is 33.1 Å². The zero-order chi connectivity index (χ0) is 8.81. The fourth-order valence-electron chi connectivity index (χ4n) is 1.28. The standard InChI is InChI=1S/C11H17O/c1-3-7-10(2)12-11-8-5-4-6-9-11/h5-6,8-10H,3-4,7H2,1-2H3. The minimum atomic E-state index is 0.345. The molecule has 0 heterocycles. The molecule has 1 radical (unpaired) electrons. The second kappa shape index (κ2) is 5.02. The number of ether oxygens (including phenoxy) is 1. The minimum Gasteiger partial charge on any atom is -0.491 e. The quantitative estimate of drug-likeness (QED) is 0.621. The van der Waals surface area contributed by atoms with Crippen molar-refractivity contribution in [3.05, 3.63) is 30.4 Å². The molecule has 0 aromatic heterocycles. The highest BCUT2D eigenvalue weighted by atomic mass is 16.5. The summed E-state index contributed by atoms with van der Waals surface area (Å²) < 4.78 is 5.67. The van der Waals surface area contributed by atoms with Gasteiger partial charge in [-0.3, -0.25) is 0 Å². The lowest BCUT2D eigenvalue weighted by atomic mass is 10.1. The van der Waals surface area contributed by atoms with Crippen LogP contribution in [0.3, 0.4) is 0 Å². The van der Waals surface area contributed by atoms with Crippen molar-refractivity contribution >= 4 is 0 Å². The molecule has 67 valence electrons. The Morgan fingerprint density at radius 1 is 1.58 bits per heavy atom. The van der Waals surface area contributed by atoms with Crippen molar-refractivity contribution in [1.29, 1.82) is 0 Å². The molecule has 0 bridgehead atoms. The first-order chi connectivity index (χ1) is 5.83. The second-order valence-electron chi connectivity index (χ2n) is 3.16. The molecule has 0 aliphatic heterocycles. The highest BCUT2D eigenvalue weighted by Gasteiger charge is 2.03. The normalized spacial score (nSPS) is 18.7. The van der Waals surface area contributed by atoms with Gasteiger partial charge in [-0.2, -0.15) is 0 Å².